The second-order valence-corrected chi connectivity index (χ2v) is 7.05. The molecular formula is C20H21NO3. The summed E-state index contributed by atoms with van der Waals surface area (Å²) in [4.78, 5) is 23.8. The van der Waals surface area contributed by atoms with Crippen LogP contribution in [0.5, 0.6) is 0 Å². The molecule has 2 unspecified atom stereocenters. The summed E-state index contributed by atoms with van der Waals surface area (Å²) in [6.07, 6.45) is 3.42. The number of aliphatic carboxylic acids is 1. The van der Waals surface area contributed by atoms with Gasteiger partial charge < -0.3 is 10.4 Å². The lowest BCUT2D eigenvalue weighted by atomic mass is 9.99. The highest BCUT2D eigenvalue weighted by molar-refractivity contribution is 5.85. The number of benzene rings is 2. The van der Waals surface area contributed by atoms with Crippen LogP contribution in [-0.2, 0) is 9.59 Å². The highest BCUT2D eigenvalue weighted by Gasteiger charge is 2.56. The van der Waals surface area contributed by atoms with Gasteiger partial charge in [-0.3, -0.25) is 9.59 Å². The number of carboxylic acids is 1. The maximum Gasteiger partial charge on any atom is 0.305 e. The van der Waals surface area contributed by atoms with E-state index in [0.29, 0.717) is 11.8 Å². The molecule has 2 aliphatic carbocycles. The molecule has 0 radical (unpaired) electrons. The molecule has 0 aromatic heterocycles. The van der Waals surface area contributed by atoms with Crippen LogP contribution in [0.15, 0.2) is 42.5 Å². The highest BCUT2D eigenvalue weighted by atomic mass is 16.4. The quantitative estimate of drug-likeness (QED) is 0.885. The van der Waals surface area contributed by atoms with Crippen LogP contribution in [0.3, 0.4) is 0 Å². The van der Waals surface area contributed by atoms with Crippen LogP contribution in [0.1, 0.15) is 37.3 Å². The van der Waals surface area contributed by atoms with E-state index >= 15 is 0 Å². The first-order valence-electron chi connectivity index (χ1n) is 8.64. The van der Waals surface area contributed by atoms with E-state index < -0.39 is 12.0 Å². The number of hydrogen-bond acceptors (Lipinski definition) is 2. The van der Waals surface area contributed by atoms with E-state index in [0.717, 1.165) is 29.2 Å². The van der Waals surface area contributed by atoms with Gasteiger partial charge in [0, 0.05) is 5.92 Å². The Morgan fingerprint density at radius 3 is 2.50 bits per heavy atom. The Morgan fingerprint density at radius 1 is 1.08 bits per heavy atom. The lowest BCUT2D eigenvalue weighted by Gasteiger charge is -2.19. The first kappa shape index (κ1) is 15.2. The Labute approximate surface area is 140 Å². The minimum atomic E-state index is -0.899. The van der Waals surface area contributed by atoms with Gasteiger partial charge in [-0.1, -0.05) is 42.8 Å². The molecule has 24 heavy (non-hydrogen) atoms. The Hall–Kier alpha value is -2.36. The van der Waals surface area contributed by atoms with Crippen LogP contribution in [-0.4, -0.2) is 17.0 Å². The van der Waals surface area contributed by atoms with Crippen molar-refractivity contribution in [1.29, 1.82) is 0 Å². The molecule has 0 heterocycles. The second-order valence-electron chi connectivity index (χ2n) is 7.05. The summed E-state index contributed by atoms with van der Waals surface area (Å²) in [5.74, 6) is 0.309. The molecule has 0 spiro atoms. The third kappa shape index (κ3) is 2.77. The van der Waals surface area contributed by atoms with Crippen molar-refractivity contribution in [1.82, 2.24) is 5.32 Å². The smallest absolute Gasteiger partial charge is 0.305 e. The van der Waals surface area contributed by atoms with E-state index in [1.54, 1.807) is 0 Å². The third-order valence-corrected chi connectivity index (χ3v) is 5.58. The molecule has 2 aromatic carbocycles. The summed E-state index contributed by atoms with van der Waals surface area (Å²) in [7, 11) is 0. The van der Waals surface area contributed by atoms with Crippen LogP contribution in [0.2, 0.25) is 0 Å². The molecular weight excluding hydrogens is 302 g/mol. The number of nitrogens with one attached hydrogen (secondary N) is 1. The second kappa shape index (κ2) is 5.93. The summed E-state index contributed by atoms with van der Waals surface area (Å²) >= 11 is 0. The molecule has 0 aliphatic heterocycles. The number of carbonyl (C=O) groups is 2. The van der Waals surface area contributed by atoms with Crippen LogP contribution in [0, 0.1) is 17.8 Å². The van der Waals surface area contributed by atoms with Crippen molar-refractivity contribution in [2.45, 2.75) is 31.7 Å². The van der Waals surface area contributed by atoms with Crippen molar-refractivity contribution in [3.05, 3.63) is 48.0 Å². The highest BCUT2D eigenvalue weighted by Crippen LogP contribution is 2.57. The molecule has 4 heteroatoms. The Morgan fingerprint density at radius 2 is 1.79 bits per heavy atom. The van der Waals surface area contributed by atoms with E-state index in [4.69, 9.17) is 0 Å². The van der Waals surface area contributed by atoms with Crippen molar-refractivity contribution in [2.75, 3.05) is 0 Å². The standard InChI is InChI=1S/C20H21NO3/c22-18(23)11-17(21-20(24)19-15-6-3-7-16(15)19)14-9-8-12-4-1-2-5-13(12)10-14/h1-2,4-5,8-10,15-17,19H,3,6-7,11H2,(H,21,24)(H,22,23)/t15?,16?,17-,19?/m0/s1. The zero-order chi connectivity index (χ0) is 16.7. The molecule has 124 valence electrons. The Bertz CT molecular complexity index is 790. The zero-order valence-electron chi connectivity index (χ0n) is 13.4. The topological polar surface area (TPSA) is 66.4 Å². The number of fused-ring (bicyclic) bond motifs is 2. The van der Waals surface area contributed by atoms with Gasteiger partial charge in [-0.05, 0) is 47.1 Å². The first-order chi connectivity index (χ1) is 11.6. The number of carboxylic acid groups (broad SMARTS) is 1. The molecule has 2 fully saturated rings. The normalized spacial score (nSPS) is 25.9. The van der Waals surface area contributed by atoms with Crippen LogP contribution < -0.4 is 5.32 Å². The lowest BCUT2D eigenvalue weighted by molar-refractivity contribution is -0.137. The predicted molar refractivity (Wildman–Crippen MR) is 91.4 cm³/mol. The number of carbonyl (C=O) groups excluding carboxylic acids is 1. The molecule has 1 amide bonds. The summed E-state index contributed by atoms with van der Waals surface area (Å²) in [6, 6.07) is 13.4. The lowest BCUT2D eigenvalue weighted by Crippen LogP contribution is -2.32. The predicted octanol–water partition coefficient (Wildman–Crippen LogP) is 3.52. The number of rotatable bonds is 5. The summed E-state index contributed by atoms with van der Waals surface area (Å²) in [5.41, 5.74) is 0.857. The average Bonchev–Trinajstić information content (AvgIpc) is 3.06. The van der Waals surface area contributed by atoms with E-state index in [1.165, 1.54) is 6.42 Å². The van der Waals surface area contributed by atoms with Gasteiger partial charge in [-0.25, -0.2) is 0 Å². The van der Waals surface area contributed by atoms with Crippen molar-refractivity contribution in [3.8, 4) is 0 Å². The number of hydrogen-bond donors (Lipinski definition) is 2. The molecule has 0 bridgehead atoms. The van der Waals surface area contributed by atoms with Crippen molar-refractivity contribution < 1.29 is 14.7 Å². The largest absolute Gasteiger partial charge is 0.481 e. The molecule has 3 atom stereocenters. The van der Waals surface area contributed by atoms with Gasteiger partial charge in [0.25, 0.3) is 0 Å². The third-order valence-electron chi connectivity index (χ3n) is 5.58. The summed E-state index contributed by atoms with van der Waals surface area (Å²) in [6.45, 7) is 0. The maximum absolute atomic E-state index is 12.5. The fourth-order valence-corrected chi connectivity index (χ4v) is 4.33. The summed E-state index contributed by atoms with van der Waals surface area (Å²) < 4.78 is 0. The van der Waals surface area contributed by atoms with Gasteiger partial charge in [0.05, 0.1) is 12.5 Å². The minimum Gasteiger partial charge on any atom is -0.481 e. The van der Waals surface area contributed by atoms with Gasteiger partial charge in [-0.2, -0.15) is 0 Å². The van der Waals surface area contributed by atoms with Crippen LogP contribution in [0.25, 0.3) is 10.8 Å². The molecule has 0 saturated heterocycles. The van der Waals surface area contributed by atoms with E-state index in [-0.39, 0.29) is 18.2 Å². The van der Waals surface area contributed by atoms with Gasteiger partial charge >= 0.3 is 5.97 Å². The van der Waals surface area contributed by atoms with Crippen LogP contribution >= 0.6 is 0 Å². The molecule has 4 rings (SSSR count). The molecule has 4 nitrogen and oxygen atoms in total. The minimum absolute atomic E-state index is 0.0316. The Kier molecular flexibility index (Phi) is 3.75. The molecule has 2 N–H and O–H groups in total. The SMILES string of the molecule is O=C(O)C[C@H](NC(=O)C1C2CCCC21)c1ccc2ccccc2c1. The van der Waals surface area contributed by atoms with Crippen molar-refractivity contribution in [3.63, 3.8) is 0 Å². The zero-order valence-corrected chi connectivity index (χ0v) is 13.4. The monoisotopic (exact) mass is 323 g/mol. The van der Waals surface area contributed by atoms with E-state index in [9.17, 15) is 14.7 Å². The van der Waals surface area contributed by atoms with Crippen molar-refractivity contribution in [2.24, 2.45) is 17.8 Å². The van der Waals surface area contributed by atoms with Gasteiger partial charge in [-0.15, -0.1) is 0 Å². The van der Waals surface area contributed by atoms with Crippen LogP contribution in [0.4, 0.5) is 0 Å². The number of amides is 1. The molecule has 2 saturated carbocycles. The van der Waals surface area contributed by atoms with E-state index in [1.807, 2.05) is 42.5 Å². The fourth-order valence-electron chi connectivity index (χ4n) is 4.33. The van der Waals surface area contributed by atoms with Gasteiger partial charge in [0.2, 0.25) is 5.91 Å². The fraction of sp³-hybridized carbons (Fsp3) is 0.400. The maximum atomic E-state index is 12.5. The van der Waals surface area contributed by atoms with E-state index in [2.05, 4.69) is 5.32 Å². The van der Waals surface area contributed by atoms with Gasteiger partial charge in [0.1, 0.15) is 0 Å². The molecule has 2 aromatic rings. The summed E-state index contributed by atoms with van der Waals surface area (Å²) in [5, 5.41) is 14.4. The Balaban J connectivity index is 1.56. The molecule has 2 aliphatic rings. The first-order valence-corrected chi connectivity index (χ1v) is 8.64. The van der Waals surface area contributed by atoms with Crippen molar-refractivity contribution >= 4 is 22.6 Å². The average molecular weight is 323 g/mol. The van der Waals surface area contributed by atoms with Gasteiger partial charge in [0.15, 0.2) is 0 Å².